The Balaban J connectivity index is 2.92. The fraction of sp³-hybridized carbons (Fsp3) is 0.455. The molecule has 0 bridgehead atoms. The lowest BCUT2D eigenvalue weighted by atomic mass is 10.2. The van der Waals surface area contributed by atoms with Gasteiger partial charge in [0, 0.05) is 29.5 Å². The summed E-state index contributed by atoms with van der Waals surface area (Å²) < 4.78 is 0.746. The molecule has 17 heavy (non-hydrogen) atoms. The van der Waals surface area contributed by atoms with E-state index in [-0.39, 0.29) is 17.1 Å². The van der Waals surface area contributed by atoms with Gasteiger partial charge in [-0.05, 0) is 35.2 Å². The summed E-state index contributed by atoms with van der Waals surface area (Å²) in [5.74, 6) is 0.784. The normalized spacial score (nSPS) is 12.3. The summed E-state index contributed by atoms with van der Waals surface area (Å²) in [5, 5.41) is 0.237. The van der Waals surface area contributed by atoms with E-state index in [1.807, 2.05) is 13.2 Å². The molecule has 0 saturated carbocycles. The molecule has 1 amide bonds. The lowest BCUT2D eigenvalue weighted by Crippen LogP contribution is -2.36. The van der Waals surface area contributed by atoms with E-state index < -0.39 is 0 Å². The summed E-state index contributed by atoms with van der Waals surface area (Å²) in [5.41, 5.74) is 0.427. The van der Waals surface area contributed by atoms with Crippen LogP contribution in [0.15, 0.2) is 16.7 Å². The van der Waals surface area contributed by atoms with E-state index in [0.717, 1.165) is 10.2 Å². The number of hydrogen-bond donors (Lipinski definition) is 0. The van der Waals surface area contributed by atoms with Gasteiger partial charge < -0.3 is 4.90 Å². The summed E-state index contributed by atoms with van der Waals surface area (Å²) >= 11 is 10.9. The number of hydrogen-bond acceptors (Lipinski definition) is 3. The van der Waals surface area contributed by atoms with Gasteiger partial charge in [-0.1, -0.05) is 11.6 Å². The fourth-order valence-electron chi connectivity index (χ4n) is 1.32. The van der Waals surface area contributed by atoms with Crippen molar-refractivity contribution in [2.24, 2.45) is 0 Å². The van der Waals surface area contributed by atoms with Crippen molar-refractivity contribution in [1.29, 1.82) is 0 Å². The Morgan fingerprint density at radius 1 is 1.71 bits per heavy atom. The standard InChI is InChI=1S/C11H14BrClN2OS/c1-7(6-17-3)15(2)11(16)9-4-8(12)5-14-10(9)13/h4-5,7H,6H2,1-3H3. The minimum Gasteiger partial charge on any atom is -0.338 e. The van der Waals surface area contributed by atoms with Gasteiger partial charge in [-0.2, -0.15) is 11.8 Å². The smallest absolute Gasteiger partial charge is 0.257 e. The minimum atomic E-state index is -0.106. The maximum Gasteiger partial charge on any atom is 0.257 e. The summed E-state index contributed by atoms with van der Waals surface area (Å²) in [7, 11) is 1.78. The van der Waals surface area contributed by atoms with E-state index in [2.05, 4.69) is 20.9 Å². The molecule has 1 aromatic heterocycles. The van der Waals surface area contributed by atoms with Crippen LogP contribution in [0.4, 0.5) is 0 Å². The lowest BCUT2D eigenvalue weighted by molar-refractivity contribution is 0.0757. The highest BCUT2D eigenvalue weighted by Crippen LogP contribution is 2.20. The first kappa shape index (κ1) is 14.8. The molecular weight excluding hydrogens is 324 g/mol. The van der Waals surface area contributed by atoms with Crippen molar-refractivity contribution < 1.29 is 4.79 Å². The molecule has 1 rings (SSSR count). The number of pyridine rings is 1. The number of carbonyl (C=O) groups excluding carboxylic acids is 1. The highest BCUT2D eigenvalue weighted by molar-refractivity contribution is 9.10. The Kier molecular flexibility index (Phi) is 5.76. The molecule has 0 aliphatic heterocycles. The number of nitrogens with zero attached hydrogens (tertiary/aromatic N) is 2. The van der Waals surface area contributed by atoms with Crippen LogP contribution in [0.1, 0.15) is 17.3 Å². The van der Waals surface area contributed by atoms with Crippen molar-refractivity contribution in [1.82, 2.24) is 9.88 Å². The average molecular weight is 338 g/mol. The molecule has 1 unspecified atom stereocenters. The Bertz CT molecular complexity index is 416. The number of rotatable bonds is 4. The quantitative estimate of drug-likeness (QED) is 0.790. The first-order valence-corrected chi connectivity index (χ1v) is 7.61. The van der Waals surface area contributed by atoms with Crippen molar-refractivity contribution in [2.75, 3.05) is 19.1 Å². The van der Waals surface area contributed by atoms with Crippen LogP contribution in [-0.2, 0) is 0 Å². The average Bonchev–Trinajstić information content (AvgIpc) is 2.30. The van der Waals surface area contributed by atoms with Gasteiger partial charge in [0.15, 0.2) is 0 Å². The van der Waals surface area contributed by atoms with E-state index in [9.17, 15) is 4.79 Å². The second kappa shape index (κ2) is 6.61. The van der Waals surface area contributed by atoms with Crippen molar-refractivity contribution in [3.8, 4) is 0 Å². The Morgan fingerprint density at radius 2 is 2.35 bits per heavy atom. The van der Waals surface area contributed by atoms with Crippen LogP contribution in [0, 0.1) is 0 Å². The maximum atomic E-state index is 12.2. The third-order valence-electron chi connectivity index (χ3n) is 2.43. The van der Waals surface area contributed by atoms with Crippen LogP contribution in [0.25, 0.3) is 0 Å². The number of amides is 1. The second-order valence-electron chi connectivity index (χ2n) is 3.71. The number of halogens is 2. The van der Waals surface area contributed by atoms with Crippen LogP contribution in [0.2, 0.25) is 5.15 Å². The van der Waals surface area contributed by atoms with Gasteiger partial charge >= 0.3 is 0 Å². The molecule has 0 N–H and O–H groups in total. The van der Waals surface area contributed by atoms with Crippen molar-refractivity contribution >= 4 is 45.2 Å². The second-order valence-corrected chi connectivity index (χ2v) is 5.90. The van der Waals surface area contributed by atoms with Gasteiger partial charge in [-0.15, -0.1) is 0 Å². The van der Waals surface area contributed by atoms with Gasteiger partial charge in [-0.3, -0.25) is 4.79 Å². The molecule has 94 valence electrons. The number of thioether (sulfide) groups is 1. The SMILES string of the molecule is CSCC(C)N(C)C(=O)c1cc(Br)cnc1Cl. The molecule has 1 aromatic rings. The van der Waals surface area contributed by atoms with E-state index in [1.54, 1.807) is 36.0 Å². The molecule has 3 nitrogen and oxygen atoms in total. The molecule has 0 aliphatic carbocycles. The summed E-state index contributed by atoms with van der Waals surface area (Å²) in [6.45, 7) is 2.01. The highest BCUT2D eigenvalue weighted by atomic mass is 79.9. The van der Waals surface area contributed by atoms with Crippen LogP contribution < -0.4 is 0 Å². The van der Waals surface area contributed by atoms with Gasteiger partial charge in [0.05, 0.1) is 5.56 Å². The van der Waals surface area contributed by atoms with Crippen LogP contribution in [0.3, 0.4) is 0 Å². The summed E-state index contributed by atoms with van der Waals surface area (Å²) in [6.07, 6.45) is 3.59. The molecule has 0 aliphatic rings. The van der Waals surface area contributed by atoms with Crippen molar-refractivity contribution in [3.63, 3.8) is 0 Å². The van der Waals surface area contributed by atoms with Gasteiger partial charge in [0.1, 0.15) is 5.15 Å². The molecule has 0 radical (unpaired) electrons. The number of aromatic nitrogens is 1. The van der Waals surface area contributed by atoms with E-state index in [4.69, 9.17) is 11.6 Å². The molecule has 0 spiro atoms. The predicted octanol–water partition coefficient (Wildman–Crippen LogP) is 3.32. The Hall–Kier alpha value is -0.260. The molecule has 1 heterocycles. The zero-order valence-electron chi connectivity index (χ0n) is 9.91. The zero-order chi connectivity index (χ0) is 13.0. The first-order valence-electron chi connectivity index (χ1n) is 5.04. The molecule has 0 fully saturated rings. The lowest BCUT2D eigenvalue weighted by Gasteiger charge is -2.24. The van der Waals surface area contributed by atoms with Gasteiger partial charge in [-0.25, -0.2) is 4.98 Å². The van der Waals surface area contributed by atoms with Crippen LogP contribution in [0.5, 0.6) is 0 Å². The summed E-state index contributed by atoms with van der Waals surface area (Å²) in [4.78, 5) is 17.8. The van der Waals surface area contributed by atoms with Gasteiger partial charge in [0.25, 0.3) is 5.91 Å². The largest absolute Gasteiger partial charge is 0.338 e. The monoisotopic (exact) mass is 336 g/mol. The van der Waals surface area contributed by atoms with E-state index >= 15 is 0 Å². The highest BCUT2D eigenvalue weighted by Gasteiger charge is 2.20. The molecule has 1 atom stereocenters. The Morgan fingerprint density at radius 3 is 2.94 bits per heavy atom. The van der Waals surface area contributed by atoms with Crippen molar-refractivity contribution in [3.05, 3.63) is 27.5 Å². The first-order chi connectivity index (χ1) is 7.97. The molecular formula is C11H14BrClN2OS. The van der Waals surface area contributed by atoms with Crippen LogP contribution >= 0.6 is 39.3 Å². The Labute approximate surface area is 119 Å². The topological polar surface area (TPSA) is 33.2 Å². The van der Waals surface area contributed by atoms with Crippen molar-refractivity contribution in [2.45, 2.75) is 13.0 Å². The summed E-state index contributed by atoms with van der Waals surface area (Å²) in [6, 6.07) is 1.85. The van der Waals surface area contributed by atoms with Gasteiger partial charge in [0.2, 0.25) is 0 Å². The van der Waals surface area contributed by atoms with Crippen LogP contribution in [-0.4, -0.2) is 40.9 Å². The molecule has 0 aromatic carbocycles. The fourth-order valence-corrected chi connectivity index (χ4v) is 2.54. The third-order valence-corrected chi connectivity index (χ3v) is 3.98. The van der Waals surface area contributed by atoms with E-state index in [0.29, 0.717) is 5.56 Å². The maximum absolute atomic E-state index is 12.2. The predicted molar refractivity (Wildman–Crippen MR) is 76.9 cm³/mol. The number of carbonyl (C=O) groups is 1. The molecule has 6 heteroatoms. The third kappa shape index (κ3) is 3.86. The zero-order valence-corrected chi connectivity index (χ0v) is 13.1. The minimum absolute atomic E-state index is 0.106. The van der Waals surface area contributed by atoms with E-state index in [1.165, 1.54) is 0 Å². The molecule has 0 saturated heterocycles.